The van der Waals surface area contributed by atoms with Crippen LogP contribution in [0.4, 0.5) is 5.13 Å². The molecule has 1 fully saturated rings. The molecule has 9 heteroatoms. The van der Waals surface area contributed by atoms with Crippen molar-refractivity contribution in [1.29, 1.82) is 0 Å². The van der Waals surface area contributed by atoms with Crippen molar-refractivity contribution in [2.45, 2.75) is 24.2 Å². The second-order valence-electron chi connectivity index (χ2n) is 6.57. The van der Waals surface area contributed by atoms with Crippen molar-refractivity contribution in [3.63, 3.8) is 0 Å². The molecule has 28 heavy (non-hydrogen) atoms. The molecule has 1 aromatic heterocycles. The topological polar surface area (TPSA) is 79.4 Å². The van der Waals surface area contributed by atoms with Crippen LogP contribution in [0.2, 0.25) is 5.02 Å². The lowest BCUT2D eigenvalue weighted by Gasteiger charge is -2.25. The van der Waals surface area contributed by atoms with Crippen LogP contribution in [0.15, 0.2) is 47.4 Å². The fourth-order valence-electron chi connectivity index (χ4n) is 3.15. The number of nitrogens with one attached hydrogen (secondary N) is 1. The Balaban J connectivity index is 1.50. The Morgan fingerprint density at radius 1 is 1.07 bits per heavy atom. The third-order valence-corrected chi connectivity index (χ3v) is 7.72. The van der Waals surface area contributed by atoms with E-state index in [-0.39, 0.29) is 10.8 Å². The number of sulfonamides is 1. The van der Waals surface area contributed by atoms with Gasteiger partial charge in [0.15, 0.2) is 5.13 Å². The first-order valence-corrected chi connectivity index (χ1v) is 11.5. The zero-order valence-electron chi connectivity index (χ0n) is 14.9. The van der Waals surface area contributed by atoms with Gasteiger partial charge in [-0.3, -0.25) is 10.1 Å². The number of halogens is 1. The van der Waals surface area contributed by atoms with Crippen molar-refractivity contribution in [2.24, 2.45) is 0 Å². The number of hydrogen-bond acceptors (Lipinski definition) is 5. The van der Waals surface area contributed by atoms with Gasteiger partial charge in [0.05, 0.1) is 15.1 Å². The van der Waals surface area contributed by atoms with E-state index in [0.717, 1.165) is 29.5 Å². The number of amides is 1. The van der Waals surface area contributed by atoms with Gasteiger partial charge in [0.25, 0.3) is 5.91 Å². The summed E-state index contributed by atoms with van der Waals surface area (Å²) in [6.07, 6.45) is 2.82. The first-order chi connectivity index (χ1) is 13.4. The molecule has 2 heterocycles. The number of carbonyl (C=O) groups excluding carboxylic acids is 1. The molecular weight excluding hydrogens is 418 g/mol. The molecule has 0 bridgehead atoms. The molecule has 1 N–H and O–H groups in total. The highest BCUT2D eigenvalue weighted by Crippen LogP contribution is 2.28. The minimum atomic E-state index is -3.51. The van der Waals surface area contributed by atoms with Crippen LogP contribution in [0.5, 0.6) is 0 Å². The molecule has 1 amide bonds. The van der Waals surface area contributed by atoms with Crippen LogP contribution in [0.1, 0.15) is 29.6 Å². The van der Waals surface area contributed by atoms with Crippen LogP contribution in [0.25, 0.3) is 10.2 Å². The second-order valence-corrected chi connectivity index (χ2v) is 9.98. The molecule has 146 valence electrons. The number of carbonyl (C=O) groups is 1. The average Bonchev–Trinajstić information content (AvgIpc) is 3.10. The highest BCUT2D eigenvalue weighted by Gasteiger charge is 2.26. The number of piperidine rings is 1. The van der Waals surface area contributed by atoms with Crippen molar-refractivity contribution >= 4 is 54.2 Å². The Morgan fingerprint density at radius 3 is 2.50 bits per heavy atom. The number of hydrogen-bond donors (Lipinski definition) is 1. The highest BCUT2D eigenvalue weighted by atomic mass is 35.5. The highest BCUT2D eigenvalue weighted by molar-refractivity contribution is 7.89. The van der Waals surface area contributed by atoms with Crippen molar-refractivity contribution < 1.29 is 13.2 Å². The molecule has 4 rings (SSSR count). The van der Waals surface area contributed by atoms with Crippen LogP contribution in [-0.2, 0) is 10.0 Å². The summed E-state index contributed by atoms with van der Waals surface area (Å²) >= 11 is 7.31. The van der Waals surface area contributed by atoms with Gasteiger partial charge in [-0.2, -0.15) is 4.31 Å². The van der Waals surface area contributed by atoms with E-state index in [1.54, 1.807) is 18.2 Å². The first-order valence-electron chi connectivity index (χ1n) is 8.91. The quantitative estimate of drug-likeness (QED) is 0.659. The summed E-state index contributed by atoms with van der Waals surface area (Å²) in [7, 11) is -3.51. The maximum absolute atomic E-state index is 12.7. The summed E-state index contributed by atoms with van der Waals surface area (Å²) < 4.78 is 27.8. The number of anilines is 1. The largest absolute Gasteiger partial charge is 0.298 e. The van der Waals surface area contributed by atoms with Crippen LogP contribution < -0.4 is 5.32 Å². The monoisotopic (exact) mass is 435 g/mol. The molecule has 0 atom stereocenters. The molecule has 0 saturated carbocycles. The second kappa shape index (κ2) is 7.79. The number of aromatic nitrogens is 1. The van der Waals surface area contributed by atoms with Crippen LogP contribution in [0.3, 0.4) is 0 Å². The third-order valence-electron chi connectivity index (χ3n) is 4.64. The Kier molecular flexibility index (Phi) is 5.37. The maximum Gasteiger partial charge on any atom is 0.257 e. The van der Waals surface area contributed by atoms with Crippen molar-refractivity contribution in [2.75, 3.05) is 18.4 Å². The van der Waals surface area contributed by atoms with Crippen molar-refractivity contribution in [3.8, 4) is 0 Å². The van der Waals surface area contributed by atoms with Gasteiger partial charge < -0.3 is 0 Å². The molecule has 6 nitrogen and oxygen atoms in total. The summed E-state index contributed by atoms with van der Waals surface area (Å²) in [4.78, 5) is 17.1. The SMILES string of the molecule is O=C(Nc1nc2ccc(Cl)cc2s1)c1ccc(S(=O)(=O)N2CCCCC2)cc1. The lowest BCUT2D eigenvalue weighted by molar-refractivity contribution is 0.102. The number of thiazole rings is 1. The zero-order chi connectivity index (χ0) is 19.7. The van der Waals surface area contributed by atoms with E-state index in [9.17, 15) is 13.2 Å². The number of rotatable bonds is 4. The number of benzene rings is 2. The van der Waals surface area contributed by atoms with Gasteiger partial charge in [-0.15, -0.1) is 0 Å². The summed E-state index contributed by atoms with van der Waals surface area (Å²) in [6.45, 7) is 1.10. The summed E-state index contributed by atoms with van der Waals surface area (Å²) in [5, 5.41) is 3.83. The molecule has 1 saturated heterocycles. The van der Waals surface area contributed by atoms with E-state index in [1.165, 1.54) is 39.9 Å². The fraction of sp³-hybridized carbons (Fsp3) is 0.263. The Morgan fingerprint density at radius 2 is 1.79 bits per heavy atom. The standard InChI is InChI=1S/C19H18ClN3O3S2/c20-14-6-9-16-17(12-14)27-19(21-16)22-18(24)13-4-7-15(8-5-13)28(25,26)23-10-2-1-3-11-23/h4-9,12H,1-3,10-11H2,(H,21,22,24). The Labute approximate surface area is 172 Å². The van der Waals surface area contributed by atoms with Gasteiger partial charge in [-0.25, -0.2) is 13.4 Å². The van der Waals surface area contributed by atoms with E-state index >= 15 is 0 Å². The van der Waals surface area contributed by atoms with Gasteiger partial charge in [-0.1, -0.05) is 29.4 Å². The maximum atomic E-state index is 12.7. The van der Waals surface area contributed by atoms with Crippen molar-refractivity contribution in [3.05, 3.63) is 53.1 Å². The lowest BCUT2D eigenvalue weighted by Crippen LogP contribution is -2.35. The molecule has 1 aliphatic rings. The van der Waals surface area contributed by atoms with Gasteiger partial charge in [0, 0.05) is 23.7 Å². The molecule has 0 unspecified atom stereocenters. The molecule has 1 aliphatic heterocycles. The predicted octanol–water partition coefficient (Wildman–Crippen LogP) is 4.38. The fourth-order valence-corrected chi connectivity index (χ4v) is 5.81. The first kappa shape index (κ1) is 19.3. The van der Waals surface area contributed by atoms with Crippen LogP contribution in [0, 0.1) is 0 Å². The molecule has 2 aromatic carbocycles. The van der Waals surface area contributed by atoms with Gasteiger partial charge in [0.1, 0.15) is 0 Å². The lowest BCUT2D eigenvalue weighted by atomic mass is 10.2. The molecule has 0 spiro atoms. The zero-order valence-corrected chi connectivity index (χ0v) is 17.3. The molecule has 0 aliphatic carbocycles. The molecule has 3 aromatic rings. The van der Waals surface area contributed by atoms with Gasteiger partial charge in [-0.05, 0) is 55.3 Å². The molecular formula is C19H18ClN3O3S2. The van der Waals surface area contributed by atoms with E-state index in [1.807, 2.05) is 0 Å². The number of fused-ring (bicyclic) bond motifs is 1. The van der Waals surface area contributed by atoms with E-state index in [0.29, 0.717) is 28.8 Å². The Bertz CT molecular complexity index is 1120. The van der Waals surface area contributed by atoms with E-state index in [4.69, 9.17) is 11.6 Å². The van der Waals surface area contributed by atoms with Crippen LogP contribution in [-0.4, -0.2) is 36.7 Å². The summed E-state index contributed by atoms with van der Waals surface area (Å²) in [5.74, 6) is -0.341. The van der Waals surface area contributed by atoms with E-state index < -0.39 is 10.0 Å². The van der Waals surface area contributed by atoms with Gasteiger partial charge in [0.2, 0.25) is 10.0 Å². The average molecular weight is 436 g/mol. The summed E-state index contributed by atoms with van der Waals surface area (Å²) in [5.41, 5.74) is 1.13. The van der Waals surface area contributed by atoms with Gasteiger partial charge >= 0.3 is 0 Å². The smallest absolute Gasteiger partial charge is 0.257 e. The minimum Gasteiger partial charge on any atom is -0.298 e. The third kappa shape index (κ3) is 3.91. The molecule has 0 radical (unpaired) electrons. The van der Waals surface area contributed by atoms with E-state index in [2.05, 4.69) is 10.3 Å². The summed E-state index contributed by atoms with van der Waals surface area (Å²) in [6, 6.07) is 11.4. The normalized spacial score (nSPS) is 15.6. The van der Waals surface area contributed by atoms with Crippen molar-refractivity contribution in [1.82, 2.24) is 9.29 Å². The van der Waals surface area contributed by atoms with Crippen LogP contribution >= 0.6 is 22.9 Å². The minimum absolute atomic E-state index is 0.209. The Hall–Kier alpha value is -2.00. The predicted molar refractivity (Wildman–Crippen MR) is 112 cm³/mol. The number of nitrogens with zero attached hydrogens (tertiary/aromatic N) is 2.